The molecule has 0 N–H and O–H groups in total. The lowest BCUT2D eigenvalue weighted by molar-refractivity contribution is 0.650. The average molecular weight is 167 g/mol. The zero-order chi connectivity index (χ0) is 9.23. The lowest BCUT2D eigenvalue weighted by Crippen LogP contribution is -1.79. The summed E-state index contributed by atoms with van der Waals surface area (Å²) in [4.78, 5) is 0. The third kappa shape index (κ3) is 9.74. The van der Waals surface area contributed by atoms with Crippen LogP contribution < -0.4 is 0 Å². The van der Waals surface area contributed by atoms with Crippen LogP contribution in [-0.4, -0.2) is 0 Å². The van der Waals surface area contributed by atoms with E-state index in [0.29, 0.717) is 5.92 Å². The first-order valence-electron chi connectivity index (χ1n) is 5.23. The molecular weight excluding hydrogens is 144 g/mol. The Morgan fingerprint density at radius 3 is 2.33 bits per heavy atom. The Bertz CT molecular complexity index is 101. The fourth-order valence-corrected chi connectivity index (χ4v) is 1.16. The van der Waals surface area contributed by atoms with E-state index in [1.165, 1.54) is 32.1 Å². The summed E-state index contributed by atoms with van der Waals surface area (Å²) in [5.74, 6) is 0.713. The van der Waals surface area contributed by atoms with E-state index in [4.69, 9.17) is 0 Å². The fourth-order valence-electron chi connectivity index (χ4n) is 1.16. The molecule has 0 spiro atoms. The molecule has 0 aliphatic heterocycles. The molecule has 0 heterocycles. The normalized spacial score (nSPS) is 11.7. The van der Waals surface area contributed by atoms with Crippen molar-refractivity contribution in [3.05, 3.63) is 19.1 Å². The quantitative estimate of drug-likeness (QED) is 0.390. The number of hydrogen-bond donors (Lipinski definition) is 0. The zero-order valence-corrected chi connectivity index (χ0v) is 8.68. The van der Waals surface area contributed by atoms with Gasteiger partial charge in [-0.25, -0.2) is 0 Å². The van der Waals surface area contributed by atoms with Gasteiger partial charge in [0.05, 0.1) is 0 Å². The van der Waals surface area contributed by atoms with E-state index in [1.54, 1.807) is 0 Å². The zero-order valence-electron chi connectivity index (χ0n) is 8.68. The van der Waals surface area contributed by atoms with Crippen LogP contribution in [0.2, 0.25) is 0 Å². The molecule has 0 saturated heterocycles. The molecule has 0 amide bonds. The minimum atomic E-state index is 0.713. The predicted molar refractivity (Wildman–Crippen MR) is 57.0 cm³/mol. The molecule has 0 fully saturated rings. The van der Waals surface area contributed by atoms with Gasteiger partial charge >= 0.3 is 0 Å². The largest absolute Gasteiger partial charge is 0.0883 e. The van der Waals surface area contributed by atoms with Gasteiger partial charge in [-0.2, -0.15) is 0 Å². The first-order valence-corrected chi connectivity index (χ1v) is 5.23. The monoisotopic (exact) mass is 167 g/mol. The van der Waals surface area contributed by atoms with E-state index in [9.17, 15) is 0 Å². The third-order valence-corrected chi connectivity index (χ3v) is 1.89. The SMILES string of the molecule is [CH2]CCCCCCC=CC(C)C. The summed E-state index contributed by atoms with van der Waals surface area (Å²) in [5, 5.41) is 0. The smallest absolute Gasteiger partial charge is 0.0290 e. The Morgan fingerprint density at radius 1 is 1.08 bits per heavy atom. The van der Waals surface area contributed by atoms with Crippen LogP contribution in [0, 0.1) is 12.8 Å². The van der Waals surface area contributed by atoms with Gasteiger partial charge in [0.1, 0.15) is 0 Å². The van der Waals surface area contributed by atoms with Gasteiger partial charge < -0.3 is 0 Å². The van der Waals surface area contributed by atoms with Crippen LogP contribution in [-0.2, 0) is 0 Å². The number of rotatable bonds is 7. The second-order valence-electron chi connectivity index (χ2n) is 3.73. The summed E-state index contributed by atoms with van der Waals surface area (Å²) in [6.45, 7) is 8.27. The van der Waals surface area contributed by atoms with Crippen LogP contribution in [0.15, 0.2) is 12.2 Å². The van der Waals surface area contributed by atoms with Gasteiger partial charge in [-0.05, 0) is 18.8 Å². The molecule has 0 atom stereocenters. The van der Waals surface area contributed by atoms with Gasteiger partial charge in [0.2, 0.25) is 0 Å². The molecular formula is C12H23. The number of unbranched alkanes of at least 4 members (excludes halogenated alkanes) is 5. The molecule has 0 rings (SSSR count). The van der Waals surface area contributed by atoms with Crippen LogP contribution in [0.1, 0.15) is 52.4 Å². The molecule has 71 valence electrons. The fraction of sp³-hybridized carbons (Fsp3) is 0.750. The van der Waals surface area contributed by atoms with E-state index in [0.717, 1.165) is 6.42 Å². The first-order chi connectivity index (χ1) is 5.77. The van der Waals surface area contributed by atoms with E-state index < -0.39 is 0 Å². The molecule has 1 radical (unpaired) electrons. The third-order valence-electron chi connectivity index (χ3n) is 1.89. The lowest BCUT2D eigenvalue weighted by Gasteiger charge is -1.97. The molecule has 0 unspecified atom stereocenters. The molecule has 0 bridgehead atoms. The number of hydrogen-bond acceptors (Lipinski definition) is 0. The van der Waals surface area contributed by atoms with Crippen molar-refractivity contribution >= 4 is 0 Å². The van der Waals surface area contributed by atoms with E-state index in [-0.39, 0.29) is 0 Å². The van der Waals surface area contributed by atoms with Gasteiger partial charge in [0, 0.05) is 0 Å². The molecule has 0 aromatic carbocycles. The molecule has 0 aromatic heterocycles. The molecule has 0 saturated carbocycles. The Balaban J connectivity index is 3.00. The summed E-state index contributed by atoms with van der Waals surface area (Å²) in [5.41, 5.74) is 0. The van der Waals surface area contributed by atoms with Gasteiger partial charge in [0.25, 0.3) is 0 Å². The van der Waals surface area contributed by atoms with Crippen molar-refractivity contribution in [3.63, 3.8) is 0 Å². The average Bonchev–Trinajstić information content (AvgIpc) is 2.02. The Morgan fingerprint density at radius 2 is 1.75 bits per heavy atom. The summed E-state index contributed by atoms with van der Waals surface area (Å²) in [7, 11) is 0. The van der Waals surface area contributed by atoms with Crippen molar-refractivity contribution in [2.24, 2.45) is 5.92 Å². The van der Waals surface area contributed by atoms with Crippen molar-refractivity contribution < 1.29 is 0 Å². The standard InChI is InChI=1S/C12H23/c1-4-5-6-7-8-9-10-11-12(2)3/h10-12H,1,4-9H2,2-3H3. The maximum absolute atomic E-state index is 3.83. The Labute approximate surface area is 78.1 Å². The van der Waals surface area contributed by atoms with Gasteiger partial charge in [0.15, 0.2) is 0 Å². The lowest BCUT2D eigenvalue weighted by atomic mass is 10.1. The molecule has 0 nitrogen and oxygen atoms in total. The highest BCUT2D eigenvalue weighted by Crippen LogP contribution is 2.06. The van der Waals surface area contributed by atoms with Crippen LogP contribution in [0.3, 0.4) is 0 Å². The maximum Gasteiger partial charge on any atom is -0.0290 e. The van der Waals surface area contributed by atoms with Crippen LogP contribution in [0.5, 0.6) is 0 Å². The summed E-state index contributed by atoms with van der Waals surface area (Å²) >= 11 is 0. The number of allylic oxidation sites excluding steroid dienone is 2. The highest BCUT2D eigenvalue weighted by molar-refractivity contribution is 4.83. The van der Waals surface area contributed by atoms with Crippen molar-refractivity contribution in [1.82, 2.24) is 0 Å². The highest BCUT2D eigenvalue weighted by Gasteiger charge is 1.87. The van der Waals surface area contributed by atoms with Crippen molar-refractivity contribution in [3.8, 4) is 0 Å². The highest BCUT2D eigenvalue weighted by atomic mass is 13.9. The van der Waals surface area contributed by atoms with Gasteiger partial charge in [-0.1, -0.05) is 58.6 Å². The van der Waals surface area contributed by atoms with Crippen LogP contribution in [0.4, 0.5) is 0 Å². The predicted octanol–water partition coefficient (Wildman–Crippen LogP) is 4.37. The Kier molecular flexibility index (Phi) is 8.64. The molecule has 0 heteroatoms. The first kappa shape index (κ1) is 11.7. The van der Waals surface area contributed by atoms with E-state index in [2.05, 4.69) is 32.9 Å². The molecule has 0 aliphatic carbocycles. The Hall–Kier alpha value is -0.260. The second-order valence-corrected chi connectivity index (χ2v) is 3.73. The molecule has 12 heavy (non-hydrogen) atoms. The second kappa shape index (κ2) is 8.83. The maximum atomic E-state index is 3.83. The van der Waals surface area contributed by atoms with E-state index >= 15 is 0 Å². The molecule has 0 aliphatic rings. The minimum Gasteiger partial charge on any atom is -0.0883 e. The van der Waals surface area contributed by atoms with Crippen molar-refractivity contribution in [2.45, 2.75) is 52.4 Å². The minimum absolute atomic E-state index is 0.713. The van der Waals surface area contributed by atoms with Gasteiger partial charge in [-0.15, -0.1) is 0 Å². The molecule has 0 aromatic rings. The van der Waals surface area contributed by atoms with Crippen molar-refractivity contribution in [2.75, 3.05) is 0 Å². The topological polar surface area (TPSA) is 0 Å². The summed E-state index contributed by atoms with van der Waals surface area (Å²) < 4.78 is 0. The van der Waals surface area contributed by atoms with Crippen LogP contribution in [0.25, 0.3) is 0 Å². The van der Waals surface area contributed by atoms with Gasteiger partial charge in [-0.3, -0.25) is 0 Å². The summed E-state index contributed by atoms with van der Waals surface area (Å²) in [6.07, 6.45) is 12.3. The van der Waals surface area contributed by atoms with Crippen molar-refractivity contribution in [1.29, 1.82) is 0 Å². The van der Waals surface area contributed by atoms with Crippen LogP contribution >= 0.6 is 0 Å². The van der Waals surface area contributed by atoms with E-state index in [1.807, 2.05) is 0 Å². The summed E-state index contributed by atoms with van der Waals surface area (Å²) in [6, 6.07) is 0.